The molecule has 2 aromatic rings. The second-order valence-corrected chi connectivity index (χ2v) is 6.42. The highest BCUT2D eigenvalue weighted by Crippen LogP contribution is 2.22. The van der Waals surface area contributed by atoms with Crippen LogP contribution in [0.25, 0.3) is 11.1 Å². The molecule has 0 spiro atoms. The van der Waals surface area contributed by atoms with E-state index in [2.05, 4.69) is 15.6 Å². The van der Waals surface area contributed by atoms with Crippen molar-refractivity contribution in [3.63, 3.8) is 0 Å². The zero-order valence-electron chi connectivity index (χ0n) is 14.8. The van der Waals surface area contributed by atoms with E-state index in [1.54, 1.807) is 12.4 Å². The highest BCUT2D eigenvalue weighted by Gasteiger charge is 2.21. The van der Waals surface area contributed by atoms with E-state index in [-0.39, 0.29) is 12.5 Å². The van der Waals surface area contributed by atoms with Crippen LogP contribution in [0, 0.1) is 5.92 Å². The monoisotopic (exact) mass is 357 g/mol. The van der Waals surface area contributed by atoms with Gasteiger partial charge in [0.15, 0.2) is 0 Å². The molecular formula is C19H23N3O4. The van der Waals surface area contributed by atoms with E-state index in [9.17, 15) is 14.4 Å². The molecule has 1 aromatic heterocycles. The molecule has 0 radical (unpaired) electrons. The smallest absolute Gasteiger partial charge is 0.326 e. The fourth-order valence-electron chi connectivity index (χ4n) is 2.60. The summed E-state index contributed by atoms with van der Waals surface area (Å²) in [7, 11) is 0. The molecule has 7 heteroatoms. The van der Waals surface area contributed by atoms with Crippen molar-refractivity contribution in [1.82, 2.24) is 15.6 Å². The van der Waals surface area contributed by atoms with E-state index in [0.29, 0.717) is 12.0 Å². The molecule has 0 fully saturated rings. The maximum Gasteiger partial charge on any atom is 0.326 e. The molecule has 0 aliphatic heterocycles. The predicted octanol–water partition coefficient (Wildman–Crippen LogP) is 2.03. The van der Waals surface area contributed by atoms with Crippen LogP contribution >= 0.6 is 0 Å². The average Bonchev–Trinajstić information content (AvgIpc) is 3.09. The summed E-state index contributed by atoms with van der Waals surface area (Å²) in [5.74, 6) is -1.91. The minimum atomic E-state index is -1.09. The van der Waals surface area contributed by atoms with Crippen LogP contribution in [0.5, 0.6) is 0 Å². The molecule has 0 bridgehead atoms. The zero-order chi connectivity index (χ0) is 19.1. The molecule has 1 aromatic carbocycles. The van der Waals surface area contributed by atoms with Crippen LogP contribution in [0.4, 0.5) is 0 Å². The molecule has 2 rings (SSSR count). The third-order valence-electron chi connectivity index (χ3n) is 3.82. The Morgan fingerprint density at radius 2 is 1.81 bits per heavy atom. The molecule has 2 amide bonds. The number of aliphatic carboxylic acids is 1. The standard InChI is InChI=1S/C19H23N3O4/c1-12(2)8-16(19(25)26)22-17(23)11-21-18(24)15-10-20-9-14(15)13-6-4-3-5-7-13/h3-7,9-10,12,16,20H,8,11H2,1-2H3,(H,21,24)(H,22,23)(H,25,26)/t16-/m0/s1. The van der Waals surface area contributed by atoms with E-state index in [1.165, 1.54) is 0 Å². The van der Waals surface area contributed by atoms with Crippen LogP contribution in [0.1, 0.15) is 30.6 Å². The molecule has 138 valence electrons. The summed E-state index contributed by atoms with van der Waals surface area (Å²) < 4.78 is 0. The number of aromatic nitrogens is 1. The first-order valence-electron chi connectivity index (χ1n) is 8.41. The number of carboxylic acids is 1. The second kappa shape index (κ2) is 8.84. The summed E-state index contributed by atoms with van der Waals surface area (Å²) in [6.07, 6.45) is 3.60. The minimum Gasteiger partial charge on any atom is -0.480 e. The van der Waals surface area contributed by atoms with Crippen molar-refractivity contribution in [2.24, 2.45) is 5.92 Å². The van der Waals surface area contributed by atoms with Gasteiger partial charge in [-0.2, -0.15) is 0 Å². The van der Waals surface area contributed by atoms with E-state index in [1.807, 2.05) is 44.2 Å². The largest absolute Gasteiger partial charge is 0.480 e. The van der Waals surface area contributed by atoms with Crippen molar-refractivity contribution in [3.05, 3.63) is 48.3 Å². The molecule has 0 aliphatic rings. The quantitative estimate of drug-likeness (QED) is 0.579. The number of rotatable bonds is 8. The van der Waals surface area contributed by atoms with Gasteiger partial charge in [-0.1, -0.05) is 44.2 Å². The van der Waals surface area contributed by atoms with Gasteiger partial charge in [-0.25, -0.2) is 4.79 Å². The van der Waals surface area contributed by atoms with Crippen LogP contribution in [0.3, 0.4) is 0 Å². The molecule has 4 N–H and O–H groups in total. The Hall–Kier alpha value is -3.09. The Balaban J connectivity index is 1.96. The van der Waals surface area contributed by atoms with Crippen LogP contribution in [-0.2, 0) is 9.59 Å². The SMILES string of the molecule is CC(C)C[C@H](NC(=O)CNC(=O)c1c[nH]cc1-c1ccccc1)C(=O)O. The van der Waals surface area contributed by atoms with Crippen LogP contribution in [-0.4, -0.2) is 40.5 Å². The zero-order valence-corrected chi connectivity index (χ0v) is 14.8. The number of hydrogen-bond donors (Lipinski definition) is 4. The van der Waals surface area contributed by atoms with E-state index >= 15 is 0 Å². The fraction of sp³-hybridized carbons (Fsp3) is 0.316. The summed E-state index contributed by atoms with van der Waals surface area (Å²) in [5, 5.41) is 14.1. The lowest BCUT2D eigenvalue weighted by molar-refractivity contribution is -0.142. The first-order valence-corrected chi connectivity index (χ1v) is 8.41. The molecule has 26 heavy (non-hydrogen) atoms. The lowest BCUT2D eigenvalue weighted by atomic mass is 10.0. The molecule has 7 nitrogen and oxygen atoms in total. The molecule has 0 unspecified atom stereocenters. The van der Waals surface area contributed by atoms with Crippen molar-refractivity contribution in [3.8, 4) is 11.1 Å². The fourth-order valence-corrected chi connectivity index (χ4v) is 2.60. The maximum atomic E-state index is 12.4. The van der Waals surface area contributed by atoms with Gasteiger partial charge in [0.1, 0.15) is 6.04 Å². The number of benzene rings is 1. The number of aromatic amines is 1. The van der Waals surface area contributed by atoms with E-state index < -0.39 is 23.8 Å². The predicted molar refractivity (Wildman–Crippen MR) is 97.6 cm³/mol. The Morgan fingerprint density at radius 1 is 1.12 bits per heavy atom. The summed E-state index contributed by atoms with van der Waals surface area (Å²) >= 11 is 0. The maximum absolute atomic E-state index is 12.4. The van der Waals surface area contributed by atoms with Gasteiger partial charge in [-0.05, 0) is 17.9 Å². The third-order valence-corrected chi connectivity index (χ3v) is 3.82. The van der Waals surface area contributed by atoms with Gasteiger partial charge >= 0.3 is 5.97 Å². The summed E-state index contributed by atoms with van der Waals surface area (Å²) in [4.78, 5) is 38.4. The Kier molecular flexibility index (Phi) is 6.54. The lowest BCUT2D eigenvalue weighted by Gasteiger charge is -2.16. The molecular weight excluding hydrogens is 334 g/mol. The Bertz CT molecular complexity index is 768. The number of carbonyl (C=O) groups is 3. The normalized spacial score (nSPS) is 11.8. The van der Waals surface area contributed by atoms with Gasteiger partial charge in [-0.15, -0.1) is 0 Å². The summed E-state index contributed by atoms with van der Waals surface area (Å²) in [5.41, 5.74) is 2.03. The second-order valence-electron chi connectivity index (χ2n) is 6.42. The topological polar surface area (TPSA) is 111 Å². The van der Waals surface area contributed by atoms with Crippen molar-refractivity contribution >= 4 is 17.8 Å². The van der Waals surface area contributed by atoms with Crippen molar-refractivity contribution in [2.75, 3.05) is 6.54 Å². The molecule has 1 atom stereocenters. The van der Waals surface area contributed by atoms with Crippen LogP contribution in [0.15, 0.2) is 42.7 Å². The lowest BCUT2D eigenvalue weighted by Crippen LogP contribution is -2.46. The summed E-state index contributed by atoms with van der Waals surface area (Å²) in [6.45, 7) is 3.46. The molecule has 0 saturated carbocycles. The molecule has 0 saturated heterocycles. The van der Waals surface area contributed by atoms with Gasteiger partial charge < -0.3 is 20.7 Å². The first kappa shape index (κ1) is 19.2. The highest BCUT2D eigenvalue weighted by atomic mass is 16.4. The number of carboxylic acid groups (broad SMARTS) is 1. The molecule has 0 aliphatic carbocycles. The number of carbonyl (C=O) groups excluding carboxylic acids is 2. The van der Waals surface area contributed by atoms with Gasteiger partial charge in [0, 0.05) is 18.0 Å². The van der Waals surface area contributed by atoms with E-state index in [0.717, 1.165) is 11.1 Å². The minimum absolute atomic E-state index is 0.124. The van der Waals surface area contributed by atoms with Crippen molar-refractivity contribution < 1.29 is 19.5 Å². The van der Waals surface area contributed by atoms with E-state index in [4.69, 9.17) is 5.11 Å². The number of amides is 2. The first-order chi connectivity index (χ1) is 12.4. The molecule has 1 heterocycles. The van der Waals surface area contributed by atoms with Gasteiger partial charge in [0.25, 0.3) is 5.91 Å². The Morgan fingerprint density at radius 3 is 2.42 bits per heavy atom. The average molecular weight is 357 g/mol. The van der Waals surface area contributed by atoms with Crippen LogP contribution < -0.4 is 10.6 Å². The highest BCUT2D eigenvalue weighted by molar-refractivity contribution is 6.02. The number of hydrogen-bond acceptors (Lipinski definition) is 3. The number of nitrogens with one attached hydrogen (secondary N) is 3. The Labute approximate surface area is 151 Å². The van der Waals surface area contributed by atoms with Crippen molar-refractivity contribution in [1.29, 1.82) is 0 Å². The van der Waals surface area contributed by atoms with Crippen molar-refractivity contribution in [2.45, 2.75) is 26.3 Å². The number of H-pyrrole nitrogens is 1. The third kappa shape index (κ3) is 5.20. The van der Waals surface area contributed by atoms with Gasteiger partial charge in [-0.3, -0.25) is 9.59 Å². The summed E-state index contributed by atoms with van der Waals surface area (Å²) in [6, 6.07) is 8.44. The van der Waals surface area contributed by atoms with Crippen LogP contribution in [0.2, 0.25) is 0 Å². The van der Waals surface area contributed by atoms with Gasteiger partial charge in [0.05, 0.1) is 12.1 Å². The van der Waals surface area contributed by atoms with Gasteiger partial charge in [0.2, 0.25) is 5.91 Å².